The summed E-state index contributed by atoms with van der Waals surface area (Å²) >= 11 is 0. The average molecular weight is 341 g/mol. The summed E-state index contributed by atoms with van der Waals surface area (Å²) in [7, 11) is 0. The van der Waals surface area contributed by atoms with Crippen LogP contribution in [0.5, 0.6) is 0 Å². The summed E-state index contributed by atoms with van der Waals surface area (Å²) in [6, 6.07) is 3.04. The van der Waals surface area contributed by atoms with E-state index >= 15 is 0 Å². The van der Waals surface area contributed by atoms with E-state index < -0.39 is 6.04 Å². The fraction of sp³-hybridized carbons (Fsp3) is 0.474. The van der Waals surface area contributed by atoms with Crippen LogP contribution in [0.15, 0.2) is 21.3 Å². The minimum Gasteiger partial charge on any atom is -0.422 e. The lowest BCUT2D eigenvalue weighted by Gasteiger charge is -2.37. The molecule has 1 aromatic carbocycles. The zero-order chi connectivity index (χ0) is 17.6. The highest BCUT2D eigenvalue weighted by atomic mass is 16.4. The number of nitrogens with one attached hydrogen (secondary N) is 1. The minimum absolute atomic E-state index is 0.230. The van der Waals surface area contributed by atoms with Crippen LogP contribution in [0.25, 0.3) is 11.0 Å². The largest absolute Gasteiger partial charge is 0.422 e. The number of nitrogens with two attached hydrogens (primary N) is 1. The van der Waals surface area contributed by atoms with Crippen LogP contribution >= 0.6 is 0 Å². The SMILES string of the molecule is CC(N)C(=O)NCc1cc(=O)oc2c3c4c(cc12)CCCN4CCC3. The molecule has 2 aromatic rings. The highest BCUT2D eigenvalue weighted by Crippen LogP contribution is 2.40. The van der Waals surface area contributed by atoms with Gasteiger partial charge in [-0.15, -0.1) is 0 Å². The number of anilines is 1. The van der Waals surface area contributed by atoms with Crippen LogP contribution in [0.2, 0.25) is 0 Å². The standard InChI is InChI=1S/C19H23N3O3/c1-11(20)19(24)21-10-13-9-16(23)25-18-14-5-3-7-22-6-2-4-12(17(14)22)8-15(13)18/h8-9,11H,2-7,10,20H2,1H3,(H,21,24). The number of carbonyl (C=O) groups excluding carboxylic acids is 1. The fourth-order valence-corrected chi connectivity index (χ4v) is 4.03. The number of hydrogen-bond donors (Lipinski definition) is 2. The second-order valence-corrected chi connectivity index (χ2v) is 7.03. The number of rotatable bonds is 3. The van der Waals surface area contributed by atoms with E-state index in [1.54, 1.807) is 6.92 Å². The average Bonchev–Trinajstić information content (AvgIpc) is 2.60. The van der Waals surface area contributed by atoms with Gasteiger partial charge in [0, 0.05) is 42.3 Å². The first-order chi connectivity index (χ1) is 12.0. The third kappa shape index (κ3) is 2.80. The summed E-state index contributed by atoms with van der Waals surface area (Å²) in [5, 5.41) is 3.74. The lowest BCUT2D eigenvalue weighted by Crippen LogP contribution is -2.38. The van der Waals surface area contributed by atoms with Gasteiger partial charge in [0.2, 0.25) is 5.91 Å². The van der Waals surface area contributed by atoms with E-state index in [0.29, 0.717) is 5.58 Å². The second-order valence-electron chi connectivity index (χ2n) is 7.03. The topological polar surface area (TPSA) is 88.6 Å². The van der Waals surface area contributed by atoms with E-state index in [0.717, 1.165) is 55.3 Å². The van der Waals surface area contributed by atoms with Crippen molar-refractivity contribution in [1.82, 2.24) is 5.32 Å². The van der Waals surface area contributed by atoms with E-state index in [-0.39, 0.29) is 18.1 Å². The first-order valence-electron chi connectivity index (χ1n) is 8.94. The quantitative estimate of drug-likeness (QED) is 0.825. The molecule has 0 radical (unpaired) electrons. The van der Waals surface area contributed by atoms with Crippen molar-refractivity contribution < 1.29 is 9.21 Å². The molecule has 2 aliphatic heterocycles. The molecule has 1 unspecified atom stereocenters. The molecule has 1 aromatic heterocycles. The van der Waals surface area contributed by atoms with E-state index in [4.69, 9.17) is 10.2 Å². The van der Waals surface area contributed by atoms with Gasteiger partial charge >= 0.3 is 5.63 Å². The summed E-state index contributed by atoms with van der Waals surface area (Å²) in [5.74, 6) is -0.230. The summed E-state index contributed by atoms with van der Waals surface area (Å²) in [5.41, 5.74) is 10.4. The second kappa shape index (κ2) is 6.19. The summed E-state index contributed by atoms with van der Waals surface area (Å²) in [6.07, 6.45) is 4.18. The summed E-state index contributed by atoms with van der Waals surface area (Å²) < 4.78 is 5.61. The number of hydrogen-bond acceptors (Lipinski definition) is 5. The molecule has 0 aliphatic carbocycles. The number of nitrogens with zero attached hydrogens (tertiary/aromatic N) is 1. The third-order valence-electron chi connectivity index (χ3n) is 5.18. The Hall–Kier alpha value is -2.34. The molecule has 1 amide bonds. The van der Waals surface area contributed by atoms with Crippen LogP contribution in [0.4, 0.5) is 5.69 Å². The maximum absolute atomic E-state index is 12.1. The molecule has 2 aliphatic rings. The summed E-state index contributed by atoms with van der Waals surface area (Å²) in [4.78, 5) is 26.3. The highest BCUT2D eigenvalue weighted by Gasteiger charge is 2.27. The predicted molar refractivity (Wildman–Crippen MR) is 96.8 cm³/mol. The van der Waals surface area contributed by atoms with E-state index in [1.165, 1.54) is 17.3 Å². The van der Waals surface area contributed by atoms with Crippen LogP contribution < -0.4 is 21.6 Å². The Morgan fingerprint density at radius 2 is 2.08 bits per heavy atom. The van der Waals surface area contributed by atoms with Gasteiger partial charge in [-0.2, -0.15) is 0 Å². The van der Waals surface area contributed by atoms with Gasteiger partial charge in [-0.3, -0.25) is 4.79 Å². The van der Waals surface area contributed by atoms with Gasteiger partial charge in [-0.1, -0.05) is 0 Å². The molecule has 4 rings (SSSR count). The summed E-state index contributed by atoms with van der Waals surface area (Å²) in [6.45, 7) is 4.06. The van der Waals surface area contributed by atoms with E-state index in [2.05, 4.69) is 16.3 Å². The van der Waals surface area contributed by atoms with Crippen LogP contribution in [-0.2, 0) is 24.2 Å². The number of carbonyl (C=O) groups is 1. The van der Waals surface area contributed by atoms with Crippen molar-refractivity contribution in [3.05, 3.63) is 39.2 Å². The molecule has 6 nitrogen and oxygen atoms in total. The number of benzene rings is 1. The van der Waals surface area contributed by atoms with Gasteiger partial charge in [0.05, 0.1) is 6.04 Å². The highest BCUT2D eigenvalue weighted by molar-refractivity contribution is 5.91. The van der Waals surface area contributed by atoms with Crippen molar-refractivity contribution >= 4 is 22.6 Å². The molecule has 0 saturated heterocycles. The Balaban J connectivity index is 1.85. The molecule has 0 saturated carbocycles. The zero-order valence-corrected chi connectivity index (χ0v) is 14.4. The maximum atomic E-state index is 12.1. The molecule has 3 N–H and O–H groups in total. The molecular weight excluding hydrogens is 318 g/mol. The lowest BCUT2D eigenvalue weighted by molar-refractivity contribution is -0.122. The molecule has 132 valence electrons. The van der Waals surface area contributed by atoms with Crippen LogP contribution in [-0.4, -0.2) is 25.0 Å². The third-order valence-corrected chi connectivity index (χ3v) is 5.18. The Morgan fingerprint density at radius 3 is 2.84 bits per heavy atom. The molecule has 25 heavy (non-hydrogen) atoms. The maximum Gasteiger partial charge on any atom is 0.336 e. The first kappa shape index (κ1) is 16.1. The molecule has 0 spiro atoms. The number of fused-ring (bicyclic) bond motifs is 2. The Labute approximate surface area is 146 Å². The van der Waals surface area contributed by atoms with Crippen molar-refractivity contribution in [3.63, 3.8) is 0 Å². The molecular formula is C19H23N3O3. The minimum atomic E-state index is -0.575. The van der Waals surface area contributed by atoms with Crippen molar-refractivity contribution in [1.29, 1.82) is 0 Å². The lowest BCUT2D eigenvalue weighted by atomic mass is 9.89. The molecule has 6 heteroatoms. The van der Waals surface area contributed by atoms with Crippen molar-refractivity contribution in [2.45, 2.75) is 45.2 Å². The first-order valence-corrected chi connectivity index (χ1v) is 8.94. The molecule has 3 heterocycles. The molecule has 0 bridgehead atoms. The Morgan fingerprint density at radius 1 is 1.32 bits per heavy atom. The Kier molecular flexibility index (Phi) is 4.00. The molecule has 0 fully saturated rings. The van der Waals surface area contributed by atoms with Gasteiger partial charge in [0.1, 0.15) is 5.58 Å². The monoisotopic (exact) mass is 341 g/mol. The smallest absolute Gasteiger partial charge is 0.336 e. The molecule has 1 atom stereocenters. The van der Waals surface area contributed by atoms with Gasteiger partial charge < -0.3 is 20.4 Å². The number of amides is 1. The fourth-order valence-electron chi connectivity index (χ4n) is 4.03. The van der Waals surface area contributed by atoms with Gasteiger partial charge in [0.25, 0.3) is 0 Å². The zero-order valence-electron chi connectivity index (χ0n) is 14.4. The van der Waals surface area contributed by atoms with Gasteiger partial charge in [-0.25, -0.2) is 4.79 Å². The van der Waals surface area contributed by atoms with Crippen molar-refractivity contribution in [3.8, 4) is 0 Å². The van der Waals surface area contributed by atoms with Crippen molar-refractivity contribution in [2.75, 3.05) is 18.0 Å². The van der Waals surface area contributed by atoms with Crippen LogP contribution in [0, 0.1) is 0 Å². The van der Waals surface area contributed by atoms with Crippen LogP contribution in [0.1, 0.15) is 36.5 Å². The van der Waals surface area contributed by atoms with E-state index in [1.807, 2.05) is 0 Å². The number of aryl methyl sites for hydroxylation is 2. The van der Waals surface area contributed by atoms with Gasteiger partial charge in [0.15, 0.2) is 0 Å². The van der Waals surface area contributed by atoms with E-state index in [9.17, 15) is 9.59 Å². The normalized spacial score (nSPS) is 17.3. The Bertz CT molecular complexity index is 899. The van der Waals surface area contributed by atoms with Crippen molar-refractivity contribution in [2.24, 2.45) is 5.73 Å². The van der Waals surface area contributed by atoms with Gasteiger partial charge in [-0.05, 0) is 49.8 Å². The van der Waals surface area contributed by atoms with Crippen LogP contribution in [0.3, 0.4) is 0 Å². The predicted octanol–water partition coefficient (Wildman–Crippen LogP) is 1.46.